The molecule has 126 valence electrons. The molecule has 0 aromatic heterocycles. The molecule has 2 aliphatic heterocycles. The van der Waals surface area contributed by atoms with Crippen LogP contribution in [0.5, 0.6) is 0 Å². The summed E-state index contributed by atoms with van der Waals surface area (Å²) in [5, 5.41) is 11.4. The highest BCUT2D eigenvalue weighted by molar-refractivity contribution is 6.33. The van der Waals surface area contributed by atoms with Gasteiger partial charge in [-0.15, -0.1) is 0 Å². The first-order valence-electron chi connectivity index (χ1n) is 8.04. The molecule has 0 saturated carbocycles. The van der Waals surface area contributed by atoms with Gasteiger partial charge in [0.15, 0.2) is 0 Å². The fourth-order valence-corrected chi connectivity index (χ4v) is 3.64. The molecule has 2 fully saturated rings. The van der Waals surface area contributed by atoms with E-state index in [1.165, 1.54) is 6.07 Å². The number of hydrogen-bond acceptors (Lipinski definition) is 5. The maximum absolute atomic E-state index is 11.0. The normalized spacial score (nSPS) is 22.5. The van der Waals surface area contributed by atoms with Crippen molar-refractivity contribution in [3.63, 3.8) is 0 Å². The second-order valence-corrected chi connectivity index (χ2v) is 6.77. The Balaban J connectivity index is 1.63. The zero-order valence-electron chi connectivity index (χ0n) is 13.3. The Hall–Kier alpha value is -1.37. The summed E-state index contributed by atoms with van der Waals surface area (Å²) in [5.74, 6) is 0.659. The fourth-order valence-electron chi connectivity index (χ4n) is 3.36. The van der Waals surface area contributed by atoms with Crippen LogP contribution < -0.4 is 4.90 Å². The van der Waals surface area contributed by atoms with Gasteiger partial charge in [0.2, 0.25) is 0 Å². The lowest BCUT2D eigenvalue weighted by Gasteiger charge is -2.37. The number of nitrogens with zero attached hydrogens (tertiary/aromatic N) is 3. The molecule has 2 saturated heterocycles. The van der Waals surface area contributed by atoms with Gasteiger partial charge in [-0.2, -0.15) is 0 Å². The van der Waals surface area contributed by atoms with Crippen LogP contribution in [0.25, 0.3) is 0 Å². The van der Waals surface area contributed by atoms with E-state index in [2.05, 4.69) is 9.80 Å². The lowest BCUT2D eigenvalue weighted by molar-refractivity contribution is -0.385. The fraction of sp³-hybridized carbons (Fsp3) is 0.625. The Morgan fingerprint density at radius 2 is 2.09 bits per heavy atom. The topological polar surface area (TPSA) is 58.8 Å². The standard InChI is InChI=1S/C16H22ClN3O3/c1-12-8-16(14(17)9-15(12)20(21)22)19-5-3-18(4-6-19)10-13-2-7-23-11-13/h8-9,13H,2-7,10-11H2,1H3. The van der Waals surface area contributed by atoms with Crippen LogP contribution in [0.15, 0.2) is 12.1 Å². The smallest absolute Gasteiger partial charge is 0.273 e. The van der Waals surface area contributed by atoms with Crippen molar-refractivity contribution in [3.8, 4) is 0 Å². The van der Waals surface area contributed by atoms with E-state index in [4.69, 9.17) is 16.3 Å². The SMILES string of the molecule is Cc1cc(N2CCN(CC3CCOC3)CC2)c(Cl)cc1[N+](=O)[O-]. The molecular formula is C16H22ClN3O3. The number of rotatable bonds is 4. The van der Waals surface area contributed by atoms with E-state index in [9.17, 15) is 10.1 Å². The quantitative estimate of drug-likeness (QED) is 0.623. The lowest BCUT2D eigenvalue weighted by Crippen LogP contribution is -2.48. The van der Waals surface area contributed by atoms with Gasteiger partial charge in [-0.3, -0.25) is 15.0 Å². The summed E-state index contributed by atoms with van der Waals surface area (Å²) in [7, 11) is 0. The number of nitro benzene ring substituents is 1. The molecule has 0 amide bonds. The highest BCUT2D eigenvalue weighted by atomic mass is 35.5. The third kappa shape index (κ3) is 3.76. The van der Waals surface area contributed by atoms with E-state index >= 15 is 0 Å². The van der Waals surface area contributed by atoms with Crippen LogP contribution in [0.4, 0.5) is 11.4 Å². The average Bonchev–Trinajstić information content (AvgIpc) is 3.03. The second kappa shape index (κ2) is 7.03. The Morgan fingerprint density at radius 3 is 2.70 bits per heavy atom. The zero-order chi connectivity index (χ0) is 16.4. The van der Waals surface area contributed by atoms with Crippen molar-refractivity contribution in [1.82, 2.24) is 4.90 Å². The van der Waals surface area contributed by atoms with Crippen molar-refractivity contribution in [2.75, 3.05) is 50.8 Å². The third-order valence-electron chi connectivity index (χ3n) is 4.72. The van der Waals surface area contributed by atoms with Crippen LogP contribution in [0.2, 0.25) is 5.02 Å². The van der Waals surface area contributed by atoms with Crippen molar-refractivity contribution in [3.05, 3.63) is 32.8 Å². The molecule has 2 aliphatic rings. The molecule has 1 aromatic rings. The van der Waals surface area contributed by atoms with E-state index in [1.54, 1.807) is 6.92 Å². The lowest BCUT2D eigenvalue weighted by atomic mass is 10.1. The molecule has 0 aliphatic carbocycles. The van der Waals surface area contributed by atoms with Crippen LogP contribution in [-0.4, -0.2) is 55.8 Å². The Kier molecular flexibility index (Phi) is 5.04. The Morgan fingerprint density at radius 1 is 1.35 bits per heavy atom. The van der Waals surface area contributed by atoms with Gasteiger partial charge in [0.25, 0.3) is 5.69 Å². The third-order valence-corrected chi connectivity index (χ3v) is 5.02. The van der Waals surface area contributed by atoms with Crippen molar-refractivity contribution in [2.45, 2.75) is 13.3 Å². The number of anilines is 1. The van der Waals surface area contributed by atoms with Gasteiger partial charge in [0, 0.05) is 51.0 Å². The molecule has 6 nitrogen and oxygen atoms in total. The van der Waals surface area contributed by atoms with Crippen LogP contribution in [-0.2, 0) is 4.74 Å². The molecule has 1 atom stereocenters. The average molecular weight is 340 g/mol. The molecule has 1 unspecified atom stereocenters. The predicted molar refractivity (Wildman–Crippen MR) is 90.4 cm³/mol. The molecule has 3 rings (SSSR count). The first-order valence-corrected chi connectivity index (χ1v) is 8.42. The van der Waals surface area contributed by atoms with Gasteiger partial charge in [-0.1, -0.05) is 11.6 Å². The number of nitro groups is 1. The molecule has 7 heteroatoms. The van der Waals surface area contributed by atoms with E-state index < -0.39 is 0 Å². The van der Waals surface area contributed by atoms with Gasteiger partial charge < -0.3 is 9.64 Å². The van der Waals surface area contributed by atoms with Crippen LogP contribution in [0, 0.1) is 23.0 Å². The monoisotopic (exact) mass is 339 g/mol. The minimum atomic E-state index is -0.382. The summed E-state index contributed by atoms with van der Waals surface area (Å²) in [6.45, 7) is 8.39. The van der Waals surface area contributed by atoms with E-state index in [1.807, 2.05) is 6.07 Å². The van der Waals surface area contributed by atoms with Gasteiger partial charge in [0.05, 0.1) is 22.2 Å². The van der Waals surface area contributed by atoms with E-state index in [-0.39, 0.29) is 10.6 Å². The summed E-state index contributed by atoms with van der Waals surface area (Å²) in [6.07, 6.45) is 1.16. The summed E-state index contributed by atoms with van der Waals surface area (Å²) in [6, 6.07) is 3.30. The van der Waals surface area contributed by atoms with Gasteiger partial charge in [0.1, 0.15) is 0 Å². The number of hydrogen-bond donors (Lipinski definition) is 0. The van der Waals surface area contributed by atoms with Crippen molar-refractivity contribution in [1.29, 1.82) is 0 Å². The van der Waals surface area contributed by atoms with E-state index in [0.717, 1.165) is 58.0 Å². The molecule has 23 heavy (non-hydrogen) atoms. The Labute approximate surface area is 141 Å². The van der Waals surface area contributed by atoms with Crippen LogP contribution in [0.3, 0.4) is 0 Å². The largest absolute Gasteiger partial charge is 0.381 e. The van der Waals surface area contributed by atoms with Crippen molar-refractivity contribution >= 4 is 23.0 Å². The molecule has 1 aromatic carbocycles. The molecular weight excluding hydrogens is 318 g/mol. The summed E-state index contributed by atoms with van der Waals surface area (Å²) in [4.78, 5) is 15.3. The second-order valence-electron chi connectivity index (χ2n) is 6.36. The maximum atomic E-state index is 11.0. The number of ether oxygens (including phenoxy) is 1. The molecule has 0 N–H and O–H groups in total. The van der Waals surface area contributed by atoms with Gasteiger partial charge in [-0.25, -0.2) is 0 Å². The molecule has 0 bridgehead atoms. The minimum Gasteiger partial charge on any atom is -0.381 e. The number of halogens is 1. The summed E-state index contributed by atoms with van der Waals surface area (Å²) in [5.41, 5.74) is 1.64. The van der Waals surface area contributed by atoms with Crippen LogP contribution in [0.1, 0.15) is 12.0 Å². The number of benzene rings is 1. The van der Waals surface area contributed by atoms with Gasteiger partial charge in [-0.05, 0) is 25.3 Å². The summed E-state index contributed by atoms with van der Waals surface area (Å²) >= 11 is 6.28. The first-order chi connectivity index (χ1) is 11.0. The van der Waals surface area contributed by atoms with Gasteiger partial charge >= 0.3 is 0 Å². The predicted octanol–water partition coefficient (Wildman–Crippen LogP) is 2.72. The van der Waals surface area contributed by atoms with Crippen molar-refractivity contribution < 1.29 is 9.66 Å². The number of piperazine rings is 1. The maximum Gasteiger partial charge on any atom is 0.273 e. The van der Waals surface area contributed by atoms with Crippen LogP contribution >= 0.6 is 11.6 Å². The number of aryl methyl sites for hydroxylation is 1. The molecule has 0 radical (unpaired) electrons. The molecule has 2 heterocycles. The molecule has 0 spiro atoms. The highest BCUT2D eigenvalue weighted by Crippen LogP contribution is 2.33. The minimum absolute atomic E-state index is 0.0821. The summed E-state index contributed by atoms with van der Waals surface area (Å²) < 4.78 is 5.44. The van der Waals surface area contributed by atoms with Crippen molar-refractivity contribution in [2.24, 2.45) is 5.92 Å². The Bertz CT molecular complexity index is 582. The van der Waals surface area contributed by atoms with E-state index in [0.29, 0.717) is 16.5 Å². The highest BCUT2D eigenvalue weighted by Gasteiger charge is 2.25. The zero-order valence-corrected chi connectivity index (χ0v) is 14.1. The first kappa shape index (κ1) is 16.5.